The van der Waals surface area contributed by atoms with Crippen molar-refractivity contribution in [2.75, 3.05) is 19.8 Å². The zero-order chi connectivity index (χ0) is 27.6. The first-order chi connectivity index (χ1) is 19.0. The summed E-state index contributed by atoms with van der Waals surface area (Å²) in [6, 6.07) is 15.7. The number of aryl methyl sites for hydroxylation is 1. The first-order valence-electron chi connectivity index (χ1n) is 14.6. The largest absolute Gasteiger partial charge is 0.381 e. The van der Waals surface area contributed by atoms with Gasteiger partial charge in [0.25, 0.3) is 0 Å². The lowest BCUT2D eigenvalue weighted by Crippen LogP contribution is -2.24. The van der Waals surface area contributed by atoms with Gasteiger partial charge in [-0.25, -0.2) is 13.2 Å². The van der Waals surface area contributed by atoms with E-state index >= 15 is 4.39 Å². The summed E-state index contributed by atoms with van der Waals surface area (Å²) in [5.41, 5.74) is 3.38. The smallest absolute Gasteiger partial charge is 0.166 e. The molecule has 3 aromatic rings. The molecule has 1 aliphatic heterocycles. The molecule has 1 fully saturated rings. The highest BCUT2D eigenvalue weighted by molar-refractivity contribution is 5.71. The minimum atomic E-state index is -0.808. The summed E-state index contributed by atoms with van der Waals surface area (Å²) >= 11 is 0. The zero-order valence-electron chi connectivity index (χ0n) is 23.3. The highest BCUT2D eigenvalue weighted by Crippen LogP contribution is 2.35. The Morgan fingerprint density at radius 1 is 0.769 bits per heavy atom. The fourth-order valence-corrected chi connectivity index (χ4v) is 5.38. The zero-order valence-corrected chi connectivity index (χ0v) is 23.3. The number of hydrogen-bond acceptors (Lipinski definition) is 2. The van der Waals surface area contributed by atoms with Gasteiger partial charge in [-0.2, -0.15) is 0 Å². The van der Waals surface area contributed by atoms with Crippen LogP contribution < -0.4 is 0 Å². The van der Waals surface area contributed by atoms with Crippen molar-refractivity contribution in [1.29, 1.82) is 0 Å². The van der Waals surface area contributed by atoms with E-state index in [-0.39, 0.29) is 17.5 Å². The fourth-order valence-electron chi connectivity index (χ4n) is 5.38. The van der Waals surface area contributed by atoms with E-state index in [9.17, 15) is 8.78 Å². The minimum absolute atomic E-state index is 0.240. The molecule has 0 saturated carbocycles. The van der Waals surface area contributed by atoms with Gasteiger partial charge in [0.15, 0.2) is 11.6 Å². The van der Waals surface area contributed by atoms with Crippen molar-refractivity contribution in [3.8, 4) is 22.3 Å². The molecule has 2 unspecified atom stereocenters. The number of halogens is 3. The predicted octanol–water partition coefficient (Wildman–Crippen LogP) is 9.85. The molecule has 0 bridgehead atoms. The standard InChI is InChI=1S/C34H41F3O2/c1-3-5-6-7-8-9-10-27-16-18-29(34(37)33(27)36)26-14-12-25(13-15-26)28-17-19-30(31(35)21-28)32-20-11-24(23-39-32)22-38-4-2/h12-19,21,24,32H,3-11,20,22-23H2,1-2H3. The van der Waals surface area contributed by atoms with Gasteiger partial charge >= 0.3 is 0 Å². The molecule has 2 atom stereocenters. The Balaban J connectivity index is 1.38. The number of unbranched alkanes of at least 4 members (excludes halogenated alkanes) is 5. The maximum absolute atomic E-state index is 15.1. The Bertz CT molecular complexity index is 1180. The topological polar surface area (TPSA) is 18.5 Å². The quantitative estimate of drug-likeness (QED) is 0.202. The maximum atomic E-state index is 15.1. The molecule has 39 heavy (non-hydrogen) atoms. The third kappa shape index (κ3) is 7.73. The van der Waals surface area contributed by atoms with Crippen LogP contribution in [0.25, 0.3) is 22.3 Å². The number of hydrogen-bond donors (Lipinski definition) is 0. The van der Waals surface area contributed by atoms with Crippen molar-refractivity contribution < 1.29 is 22.6 Å². The fraction of sp³-hybridized carbons (Fsp3) is 0.471. The first kappa shape index (κ1) is 29.4. The molecule has 0 aliphatic carbocycles. The van der Waals surface area contributed by atoms with Crippen LogP contribution in [0.15, 0.2) is 54.6 Å². The van der Waals surface area contributed by atoms with Crippen LogP contribution in [0.2, 0.25) is 0 Å². The minimum Gasteiger partial charge on any atom is -0.381 e. The molecular formula is C34H41F3O2. The Labute approximate surface area is 231 Å². The third-order valence-electron chi connectivity index (χ3n) is 7.77. The van der Waals surface area contributed by atoms with Crippen LogP contribution in [-0.2, 0) is 15.9 Å². The van der Waals surface area contributed by atoms with Gasteiger partial charge in [0.1, 0.15) is 5.82 Å². The second kappa shape index (κ2) is 14.7. The van der Waals surface area contributed by atoms with Gasteiger partial charge in [-0.1, -0.05) is 87.6 Å². The van der Waals surface area contributed by atoms with Crippen molar-refractivity contribution in [3.05, 3.63) is 83.2 Å². The van der Waals surface area contributed by atoms with Gasteiger partial charge in [0.2, 0.25) is 0 Å². The van der Waals surface area contributed by atoms with Crippen molar-refractivity contribution in [3.63, 3.8) is 0 Å². The maximum Gasteiger partial charge on any atom is 0.166 e. The summed E-state index contributed by atoms with van der Waals surface area (Å²) < 4.78 is 56.3. The Kier molecular flexibility index (Phi) is 11.0. The van der Waals surface area contributed by atoms with E-state index in [4.69, 9.17) is 9.47 Å². The molecule has 0 N–H and O–H groups in total. The molecule has 1 aliphatic rings. The molecular weight excluding hydrogens is 497 g/mol. The Morgan fingerprint density at radius 3 is 2.18 bits per heavy atom. The Morgan fingerprint density at radius 2 is 1.49 bits per heavy atom. The van der Waals surface area contributed by atoms with Crippen LogP contribution in [-0.4, -0.2) is 19.8 Å². The molecule has 2 nitrogen and oxygen atoms in total. The van der Waals surface area contributed by atoms with Crippen LogP contribution in [0.5, 0.6) is 0 Å². The lowest BCUT2D eigenvalue weighted by molar-refractivity contribution is -0.0433. The average molecular weight is 539 g/mol. The highest BCUT2D eigenvalue weighted by atomic mass is 19.2. The van der Waals surface area contributed by atoms with Crippen LogP contribution in [0, 0.1) is 23.4 Å². The third-order valence-corrected chi connectivity index (χ3v) is 7.77. The number of rotatable bonds is 13. The summed E-state index contributed by atoms with van der Waals surface area (Å²) in [5.74, 6) is -1.50. The van der Waals surface area contributed by atoms with Gasteiger partial charge in [0.05, 0.1) is 19.3 Å². The molecule has 0 amide bonds. The summed E-state index contributed by atoms with van der Waals surface area (Å²) in [6.07, 6.45) is 8.67. The summed E-state index contributed by atoms with van der Waals surface area (Å²) in [6.45, 7) is 6.10. The molecule has 3 aromatic carbocycles. The lowest BCUT2D eigenvalue weighted by Gasteiger charge is -2.29. The molecule has 1 heterocycles. The normalized spacial score (nSPS) is 17.5. The van der Waals surface area contributed by atoms with E-state index in [1.54, 1.807) is 30.3 Å². The lowest BCUT2D eigenvalue weighted by atomic mass is 9.93. The monoisotopic (exact) mass is 538 g/mol. The van der Waals surface area contributed by atoms with E-state index in [1.165, 1.54) is 25.3 Å². The van der Waals surface area contributed by atoms with Crippen LogP contribution in [0.4, 0.5) is 13.2 Å². The molecule has 1 saturated heterocycles. The second-order valence-corrected chi connectivity index (χ2v) is 10.7. The van der Waals surface area contributed by atoms with Gasteiger partial charge in [-0.15, -0.1) is 0 Å². The van der Waals surface area contributed by atoms with E-state index < -0.39 is 11.6 Å². The van der Waals surface area contributed by atoms with Crippen molar-refractivity contribution in [1.82, 2.24) is 0 Å². The average Bonchev–Trinajstić information content (AvgIpc) is 2.96. The molecule has 5 heteroatoms. The number of benzene rings is 3. The molecule has 0 aromatic heterocycles. The van der Waals surface area contributed by atoms with E-state index in [0.29, 0.717) is 48.8 Å². The van der Waals surface area contributed by atoms with Gasteiger partial charge in [0, 0.05) is 23.7 Å². The van der Waals surface area contributed by atoms with Crippen molar-refractivity contribution >= 4 is 0 Å². The van der Waals surface area contributed by atoms with Gasteiger partial charge in [-0.3, -0.25) is 0 Å². The van der Waals surface area contributed by atoms with Crippen LogP contribution >= 0.6 is 0 Å². The first-order valence-corrected chi connectivity index (χ1v) is 14.6. The highest BCUT2D eigenvalue weighted by Gasteiger charge is 2.25. The molecule has 0 spiro atoms. The van der Waals surface area contributed by atoms with Crippen molar-refractivity contribution in [2.45, 2.75) is 77.7 Å². The SMILES string of the molecule is CCCCCCCCc1ccc(-c2ccc(-c3ccc(C4CCC(COCC)CO4)c(F)c3)cc2)c(F)c1F. The van der Waals surface area contributed by atoms with E-state index in [1.807, 2.05) is 25.1 Å². The number of ether oxygens (including phenoxy) is 2. The summed E-state index contributed by atoms with van der Waals surface area (Å²) in [5, 5.41) is 0. The van der Waals surface area contributed by atoms with E-state index in [0.717, 1.165) is 43.2 Å². The summed E-state index contributed by atoms with van der Waals surface area (Å²) in [7, 11) is 0. The Hall–Kier alpha value is -2.63. The van der Waals surface area contributed by atoms with Gasteiger partial charge in [-0.05, 0) is 60.9 Å². The van der Waals surface area contributed by atoms with Crippen LogP contribution in [0.1, 0.15) is 82.4 Å². The second-order valence-electron chi connectivity index (χ2n) is 10.7. The molecule has 4 rings (SSSR count). The molecule has 210 valence electrons. The van der Waals surface area contributed by atoms with Crippen molar-refractivity contribution in [2.24, 2.45) is 5.92 Å². The predicted molar refractivity (Wildman–Crippen MR) is 152 cm³/mol. The van der Waals surface area contributed by atoms with Gasteiger partial charge < -0.3 is 9.47 Å². The van der Waals surface area contributed by atoms with E-state index in [2.05, 4.69) is 6.92 Å². The molecule has 0 radical (unpaired) electrons. The van der Waals surface area contributed by atoms with Crippen LogP contribution in [0.3, 0.4) is 0 Å². The summed E-state index contributed by atoms with van der Waals surface area (Å²) in [4.78, 5) is 0.